The zero-order valence-corrected chi connectivity index (χ0v) is 11.2. The number of rotatable bonds is 2. The molecule has 0 aliphatic heterocycles. The number of nitrogens with two attached hydrogens (primary N) is 1. The molecule has 94 valence electrons. The molecule has 0 saturated heterocycles. The number of hydrogen-bond donors (Lipinski definition) is 1. The fourth-order valence-electron chi connectivity index (χ4n) is 1.53. The number of carbonyl (C=O) groups is 1. The Bertz CT molecular complexity index is 417. The highest BCUT2D eigenvalue weighted by Crippen LogP contribution is 2.18. The SMILES string of the molecule is Cc1cc([C@H](C)N)ccc1C(=O)OC(C)(C)C. The van der Waals surface area contributed by atoms with Gasteiger partial charge in [-0.05, 0) is 51.8 Å². The third kappa shape index (κ3) is 3.86. The quantitative estimate of drug-likeness (QED) is 0.802. The molecule has 0 aromatic heterocycles. The van der Waals surface area contributed by atoms with Gasteiger partial charge in [0.2, 0.25) is 0 Å². The maximum absolute atomic E-state index is 11.9. The number of hydrogen-bond acceptors (Lipinski definition) is 3. The second-order valence-corrected chi connectivity index (χ2v) is 5.36. The van der Waals surface area contributed by atoms with E-state index in [1.54, 1.807) is 6.07 Å². The average molecular weight is 235 g/mol. The van der Waals surface area contributed by atoms with Gasteiger partial charge in [-0.1, -0.05) is 12.1 Å². The van der Waals surface area contributed by atoms with Crippen molar-refractivity contribution in [1.82, 2.24) is 0 Å². The molecule has 0 radical (unpaired) electrons. The summed E-state index contributed by atoms with van der Waals surface area (Å²) in [6.07, 6.45) is 0. The van der Waals surface area contributed by atoms with Crippen molar-refractivity contribution >= 4 is 5.97 Å². The molecule has 0 heterocycles. The van der Waals surface area contributed by atoms with Gasteiger partial charge < -0.3 is 10.5 Å². The van der Waals surface area contributed by atoms with Crippen molar-refractivity contribution in [3.63, 3.8) is 0 Å². The van der Waals surface area contributed by atoms with Crippen molar-refractivity contribution in [3.8, 4) is 0 Å². The van der Waals surface area contributed by atoms with Gasteiger partial charge in [0, 0.05) is 6.04 Å². The molecule has 0 aliphatic rings. The van der Waals surface area contributed by atoms with Crippen LogP contribution in [0, 0.1) is 6.92 Å². The van der Waals surface area contributed by atoms with Gasteiger partial charge in [0.1, 0.15) is 5.60 Å². The third-order valence-electron chi connectivity index (χ3n) is 2.40. The highest BCUT2D eigenvalue weighted by molar-refractivity contribution is 5.91. The van der Waals surface area contributed by atoms with E-state index in [0.717, 1.165) is 11.1 Å². The number of carbonyl (C=O) groups excluding carboxylic acids is 1. The summed E-state index contributed by atoms with van der Waals surface area (Å²) in [6, 6.07) is 5.56. The van der Waals surface area contributed by atoms with Crippen LogP contribution in [0.2, 0.25) is 0 Å². The van der Waals surface area contributed by atoms with Crippen molar-refractivity contribution in [1.29, 1.82) is 0 Å². The second-order valence-electron chi connectivity index (χ2n) is 5.36. The zero-order chi connectivity index (χ0) is 13.2. The summed E-state index contributed by atoms with van der Waals surface area (Å²) >= 11 is 0. The van der Waals surface area contributed by atoms with E-state index in [-0.39, 0.29) is 12.0 Å². The van der Waals surface area contributed by atoms with Gasteiger partial charge in [0.15, 0.2) is 0 Å². The second kappa shape index (κ2) is 4.88. The van der Waals surface area contributed by atoms with E-state index in [4.69, 9.17) is 10.5 Å². The molecule has 0 saturated carbocycles. The fourth-order valence-corrected chi connectivity index (χ4v) is 1.53. The lowest BCUT2D eigenvalue weighted by Crippen LogP contribution is -2.24. The van der Waals surface area contributed by atoms with Crippen LogP contribution < -0.4 is 5.73 Å². The normalized spacial score (nSPS) is 13.3. The molecule has 2 N–H and O–H groups in total. The van der Waals surface area contributed by atoms with Crippen LogP contribution in [0.5, 0.6) is 0 Å². The van der Waals surface area contributed by atoms with Crippen LogP contribution in [-0.2, 0) is 4.74 Å². The first-order chi connectivity index (χ1) is 7.70. The van der Waals surface area contributed by atoms with Gasteiger partial charge >= 0.3 is 5.97 Å². The lowest BCUT2D eigenvalue weighted by atomic mass is 10.0. The van der Waals surface area contributed by atoms with Crippen LogP contribution in [0.25, 0.3) is 0 Å². The van der Waals surface area contributed by atoms with Crippen molar-refractivity contribution in [2.75, 3.05) is 0 Å². The number of aryl methyl sites for hydroxylation is 1. The minimum atomic E-state index is -0.469. The topological polar surface area (TPSA) is 52.3 Å². The molecular weight excluding hydrogens is 214 g/mol. The van der Waals surface area contributed by atoms with Crippen LogP contribution in [0.4, 0.5) is 0 Å². The first-order valence-corrected chi connectivity index (χ1v) is 5.80. The van der Waals surface area contributed by atoms with Crippen LogP contribution >= 0.6 is 0 Å². The van der Waals surface area contributed by atoms with Gasteiger partial charge in [0.25, 0.3) is 0 Å². The molecule has 1 aromatic rings. The lowest BCUT2D eigenvalue weighted by Gasteiger charge is -2.20. The number of ether oxygens (including phenoxy) is 1. The molecule has 3 heteroatoms. The summed E-state index contributed by atoms with van der Waals surface area (Å²) in [5, 5.41) is 0. The molecule has 0 spiro atoms. The standard InChI is InChI=1S/C14H21NO2/c1-9-8-11(10(2)15)6-7-12(9)13(16)17-14(3,4)5/h6-8,10H,15H2,1-5H3/t10-/m0/s1. The summed E-state index contributed by atoms with van der Waals surface area (Å²) in [5.41, 5.74) is 7.85. The molecule has 0 aliphatic carbocycles. The molecule has 0 amide bonds. The maximum atomic E-state index is 11.9. The average Bonchev–Trinajstić information content (AvgIpc) is 2.14. The summed E-state index contributed by atoms with van der Waals surface area (Å²) in [7, 11) is 0. The molecule has 3 nitrogen and oxygen atoms in total. The Kier molecular flexibility index (Phi) is 3.94. The largest absolute Gasteiger partial charge is 0.456 e. The fraction of sp³-hybridized carbons (Fsp3) is 0.500. The van der Waals surface area contributed by atoms with E-state index in [0.29, 0.717) is 5.56 Å². The Hall–Kier alpha value is -1.35. The van der Waals surface area contributed by atoms with E-state index < -0.39 is 5.60 Å². The Labute approximate surface area is 103 Å². The van der Waals surface area contributed by atoms with Crippen molar-refractivity contribution in [2.45, 2.75) is 46.3 Å². The molecular formula is C14H21NO2. The molecule has 1 rings (SSSR count). The number of benzene rings is 1. The summed E-state index contributed by atoms with van der Waals surface area (Å²) in [4.78, 5) is 11.9. The predicted molar refractivity (Wildman–Crippen MR) is 68.9 cm³/mol. The van der Waals surface area contributed by atoms with Gasteiger partial charge in [0.05, 0.1) is 5.56 Å². The van der Waals surface area contributed by atoms with E-state index >= 15 is 0 Å². The maximum Gasteiger partial charge on any atom is 0.338 e. The minimum absolute atomic E-state index is 0.0265. The summed E-state index contributed by atoms with van der Waals surface area (Å²) in [5.74, 6) is -0.286. The first-order valence-electron chi connectivity index (χ1n) is 5.80. The van der Waals surface area contributed by atoms with Crippen LogP contribution in [0.1, 0.15) is 55.2 Å². The summed E-state index contributed by atoms with van der Waals surface area (Å²) in [6.45, 7) is 9.39. The van der Waals surface area contributed by atoms with E-state index in [2.05, 4.69) is 0 Å². The van der Waals surface area contributed by atoms with Crippen LogP contribution in [0.15, 0.2) is 18.2 Å². The van der Waals surface area contributed by atoms with Gasteiger partial charge in [-0.2, -0.15) is 0 Å². The molecule has 1 atom stereocenters. The number of esters is 1. The van der Waals surface area contributed by atoms with Crippen molar-refractivity contribution in [3.05, 3.63) is 34.9 Å². The summed E-state index contributed by atoms with van der Waals surface area (Å²) < 4.78 is 5.33. The Morgan fingerprint density at radius 2 is 1.94 bits per heavy atom. The van der Waals surface area contributed by atoms with Gasteiger partial charge in [-0.3, -0.25) is 0 Å². The van der Waals surface area contributed by atoms with E-state index in [9.17, 15) is 4.79 Å². The highest BCUT2D eigenvalue weighted by atomic mass is 16.6. The Balaban J connectivity index is 2.96. The van der Waals surface area contributed by atoms with Crippen molar-refractivity contribution in [2.24, 2.45) is 5.73 Å². The van der Waals surface area contributed by atoms with E-state index in [1.165, 1.54) is 0 Å². The van der Waals surface area contributed by atoms with Gasteiger partial charge in [-0.15, -0.1) is 0 Å². The highest BCUT2D eigenvalue weighted by Gasteiger charge is 2.19. The Morgan fingerprint density at radius 1 is 1.35 bits per heavy atom. The molecule has 0 unspecified atom stereocenters. The smallest absolute Gasteiger partial charge is 0.338 e. The first kappa shape index (κ1) is 13.7. The minimum Gasteiger partial charge on any atom is -0.456 e. The van der Waals surface area contributed by atoms with E-state index in [1.807, 2.05) is 46.8 Å². The van der Waals surface area contributed by atoms with Crippen molar-refractivity contribution < 1.29 is 9.53 Å². The monoisotopic (exact) mass is 235 g/mol. The Morgan fingerprint density at radius 3 is 2.35 bits per heavy atom. The molecule has 17 heavy (non-hydrogen) atoms. The molecule has 0 bridgehead atoms. The van der Waals surface area contributed by atoms with Gasteiger partial charge in [-0.25, -0.2) is 4.79 Å². The van der Waals surface area contributed by atoms with Crippen LogP contribution in [-0.4, -0.2) is 11.6 Å². The lowest BCUT2D eigenvalue weighted by molar-refractivity contribution is 0.00687. The van der Waals surface area contributed by atoms with Crippen LogP contribution in [0.3, 0.4) is 0 Å². The molecule has 1 aromatic carbocycles. The predicted octanol–water partition coefficient (Wildman–Crippen LogP) is 2.97. The molecule has 0 fully saturated rings. The zero-order valence-electron chi connectivity index (χ0n) is 11.2. The third-order valence-corrected chi connectivity index (χ3v) is 2.40.